The predicted molar refractivity (Wildman–Crippen MR) is 125 cm³/mol. The zero-order valence-electron chi connectivity index (χ0n) is 19.7. The number of nitrogens with zero attached hydrogens (tertiary/aromatic N) is 1. The third kappa shape index (κ3) is 3.70. The molecule has 1 unspecified atom stereocenters. The summed E-state index contributed by atoms with van der Waals surface area (Å²) in [5, 5.41) is 0. The van der Waals surface area contributed by atoms with E-state index >= 15 is 0 Å². The van der Waals surface area contributed by atoms with Crippen molar-refractivity contribution in [1.82, 2.24) is 0 Å². The van der Waals surface area contributed by atoms with E-state index in [1.165, 1.54) is 0 Å². The summed E-state index contributed by atoms with van der Waals surface area (Å²) >= 11 is 0. The van der Waals surface area contributed by atoms with Crippen molar-refractivity contribution >= 4 is 17.4 Å². The Morgan fingerprint density at radius 1 is 0.969 bits per heavy atom. The molecule has 0 saturated carbocycles. The van der Waals surface area contributed by atoms with Crippen molar-refractivity contribution < 1.29 is 19.1 Å². The molecule has 4 rings (SSSR count). The van der Waals surface area contributed by atoms with Gasteiger partial charge in [-0.3, -0.25) is 14.5 Å². The van der Waals surface area contributed by atoms with E-state index in [1.54, 1.807) is 14.2 Å². The van der Waals surface area contributed by atoms with Gasteiger partial charge in [-0.2, -0.15) is 0 Å². The number of carbonyl (C=O) groups excluding carboxylic acids is 2. The maximum absolute atomic E-state index is 13.6. The summed E-state index contributed by atoms with van der Waals surface area (Å²) in [5.41, 5.74) is 5.36. The Hall–Kier alpha value is -3.08. The van der Waals surface area contributed by atoms with Crippen LogP contribution in [-0.4, -0.2) is 25.9 Å². The van der Waals surface area contributed by atoms with Gasteiger partial charge in [0.15, 0.2) is 17.3 Å². The van der Waals surface area contributed by atoms with Gasteiger partial charge in [0.05, 0.1) is 19.9 Å². The summed E-state index contributed by atoms with van der Waals surface area (Å²) in [6.45, 7) is 8.28. The van der Waals surface area contributed by atoms with Gasteiger partial charge < -0.3 is 9.47 Å². The zero-order chi connectivity index (χ0) is 23.2. The van der Waals surface area contributed by atoms with Crippen LogP contribution in [0.1, 0.15) is 55.7 Å². The number of hydrogen-bond donors (Lipinski definition) is 0. The molecular formula is C27H31NO4. The van der Waals surface area contributed by atoms with Crippen LogP contribution in [0.15, 0.2) is 47.7 Å². The molecule has 1 aliphatic heterocycles. The van der Waals surface area contributed by atoms with E-state index in [2.05, 4.69) is 13.8 Å². The lowest BCUT2D eigenvalue weighted by Crippen LogP contribution is -2.44. The number of ketones is 1. The molecule has 0 N–H and O–H groups in total. The lowest BCUT2D eigenvalue weighted by molar-refractivity contribution is -0.121. The highest BCUT2D eigenvalue weighted by Crippen LogP contribution is 2.49. The van der Waals surface area contributed by atoms with Crippen molar-refractivity contribution in [2.75, 3.05) is 19.1 Å². The second kappa shape index (κ2) is 8.12. The van der Waals surface area contributed by atoms with Crippen LogP contribution < -0.4 is 14.4 Å². The van der Waals surface area contributed by atoms with Crippen LogP contribution in [0.5, 0.6) is 11.5 Å². The summed E-state index contributed by atoms with van der Waals surface area (Å²) in [4.78, 5) is 28.9. The minimum absolute atomic E-state index is 0.0164. The Balaban J connectivity index is 1.92. The number of hydrogen-bond acceptors (Lipinski definition) is 4. The number of amides is 1. The molecule has 0 spiro atoms. The van der Waals surface area contributed by atoms with Crippen LogP contribution in [0.3, 0.4) is 0 Å². The normalized spacial score (nSPS) is 20.3. The van der Waals surface area contributed by atoms with Gasteiger partial charge in [-0.05, 0) is 60.6 Å². The molecule has 1 atom stereocenters. The van der Waals surface area contributed by atoms with Crippen molar-refractivity contribution in [3.63, 3.8) is 0 Å². The molecule has 5 nitrogen and oxygen atoms in total. The van der Waals surface area contributed by atoms with E-state index in [0.29, 0.717) is 24.3 Å². The first-order chi connectivity index (χ1) is 15.2. The SMILES string of the molecule is COc1ccc(C2CC(=O)N(c3cccc(C)c3C)C3=C2C(=O)CC(C)(C)C3)cc1OC. The number of benzene rings is 2. The molecule has 5 heteroatoms. The lowest BCUT2D eigenvalue weighted by Gasteiger charge is -2.43. The van der Waals surface area contributed by atoms with Gasteiger partial charge in [-0.1, -0.05) is 32.0 Å². The van der Waals surface area contributed by atoms with Crippen LogP contribution in [0.25, 0.3) is 0 Å². The summed E-state index contributed by atoms with van der Waals surface area (Å²) in [5.74, 6) is 1.07. The first-order valence-electron chi connectivity index (χ1n) is 11.0. The Morgan fingerprint density at radius 3 is 2.38 bits per heavy atom. The highest BCUT2D eigenvalue weighted by Gasteiger charge is 2.44. The Morgan fingerprint density at radius 2 is 1.69 bits per heavy atom. The number of Topliss-reactive ketones (excluding diaryl/α,β-unsaturated/α-hetero) is 1. The molecule has 2 aliphatic rings. The molecule has 0 fully saturated rings. The average Bonchev–Trinajstić information content (AvgIpc) is 2.74. The third-order valence-electron chi connectivity index (χ3n) is 6.77. The summed E-state index contributed by atoms with van der Waals surface area (Å²) in [7, 11) is 3.19. The maximum Gasteiger partial charge on any atom is 0.232 e. The van der Waals surface area contributed by atoms with Gasteiger partial charge in [0, 0.05) is 30.0 Å². The smallest absolute Gasteiger partial charge is 0.232 e. The van der Waals surface area contributed by atoms with Gasteiger partial charge in [-0.15, -0.1) is 0 Å². The highest BCUT2D eigenvalue weighted by atomic mass is 16.5. The van der Waals surface area contributed by atoms with Crippen LogP contribution in [0, 0.1) is 19.3 Å². The summed E-state index contributed by atoms with van der Waals surface area (Å²) in [6, 6.07) is 11.7. The second-order valence-corrected chi connectivity index (χ2v) is 9.62. The zero-order valence-corrected chi connectivity index (χ0v) is 19.7. The number of aryl methyl sites for hydroxylation is 1. The van der Waals surface area contributed by atoms with Crippen molar-refractivity contribution in [1.29, 1.82) is 0 Å². The third-order valence-corrected chi connectivity index (χ3v) is 6.77. The summed E-state index contributed by atoms with van der Waals surface area (Å²) in [6.07, 6.45) is 1.40. The Labute approximate surface area is 190 Å². The second-order valence-electron chi connectivity index (χ2n) is 9.62. The quantitative estimate of drug-likeness (QED) is 0.640. The number of methoxy groups -OCH3 is 2. The minimum Gasteiger partial charge on any atom is -0.493 e. The van der Waals surface area contributed by atoms with E-state index in [1.807, 2.05) is 55.1 Å². The van der Waals surface area contributed by atoms with Gasteiger partial charge in [-0.25, -0.2) is 0 Å². The van der Waals surface area contributed by atoms with E-state index < -0.39 is 0 Å². The molecule has 0 saturated heterocycles. The molecule has 32 heavy (non-hydrogen) atoms. The van der Waals surface area contributed by atoms with Gasteiger partial charge >= 0.3 is 0 Å². The van der Waals surface area contributed by atoms with E-state index in [4.69, 9.17) is 9.47 Å². The van der Waals surface area contributed by atoms with E-state index in [9.17, 15) is 9.59 Å². The van der Waals surface area contributed by atoms with E-state index in [-0.39, 0.29) is 29.4 Å². The van der Waals surface area contributed by atoms with Crippen molar-refractivity contribution in [2.45, 2.75) is 52.9 Å². The van der Waals surface area contributed by atoms with Gasteiger partial charge in [0.1, 0.15) is 0 Å². The molecule has 2 aromatic carbocycles. The molecular weight excluding hydrogens is 402 g/mol. The number of allylic oxidation sites excluding steroid dienone is 2. The highest BCUT2D eigenvalue weighted by molar-refractivity contribution is 6.08. The lowest BCUT2D eigenvalue weighted by atomic mass is 9.69. The molecule has 1 heterocycles. The Kier molecular flexibility index (Phi) is 5.61. The predicted octanol–water partition coefficient (Wildman–Crippen LogP) is 5.48. The van der Waals surface area contributed by atoms with E-state index in [0.717, 1.165) is 33.6 Å². The number of ether oxygens (including phenoxy) is 2. The topological polar surface area (TPSA) is 55.8 Å². The Bertz CT molecular complexity index is 1130. The average molecular weight is 434 g/mol. The monoisotopic (exact) mass is 433 g/mol. The van der Waals surface area contributed by atoms with Crippen LogP contribution in [0.2, 0.25) is 0 Å². The van der Waals surface area contributed by atoms with Gasteiger partial charge in [0.25, 0.3) is 0 Å². The van der Waals surface area contributed by atoms with Crippen LogP contribution >= 0.6 is 0 Å². The van der Waals surface area contributed by atoms with Crippen molar-refractivity contribution in [3.8, 4) is 11.5 Å². The number of anilines is 1. The van der Waals surface area contributed by atoms with Crippen molar-refractivity contribution in [2.24, 2.45) is 5.41 Å². The first-order valence-corrected chi connectivity index (χ1v) is 11.0. The molecule has 0 radical (unpaired) electrons. The maximum atomic E-state index is 13.6. The molecule has 0 aromatic heterocycles. The molecule has 0 bridgehead atoms. The fraction of sp³-hybridized carbons (Fsp3) is 0.407. The van der Waals surface area contributed by atoms with Crippen LogP contribution in [0.4, 0.5) is 5.69 Å². The number of rotatable bonds is 4. The molecule has 1 aliphatic carbocycles. The fourth-order valence-electron chi connectivity index (χ4n) is 5.03. The first kappa shape index (κ1) is 22.1. The fourth-order valence-corrected chi connectivity index (χ4v) is 5.03. The minimum atomic E-state index is -0.290. The van der Waals surface area contributed by atoms with Crippen molar-refractivity contribution in [3.05, 3.63) is 64.4 Å². The summed E-state index contributed by atoms with van der Waals surface area (Å²) < 4.78 is 10.9. The molecule has 1 amide bonds. The molecule has 2 aromatic rings. The number of carbonyl (C=O) groups is 2. The molecule has 168 valence electrons. The van der Waals surface area contributed by atoms with Crippen LogP contribution in [-0.2, 0) is 9.59 Å². The largest absolute Gasteiger partial charge is 0.493 e. The van der Waals surface area contributed by atoms with Gasteiger partial charge in [0.2, 0.25) is 5.91 Å². The standard InChI is InChI=1S/C27H31NO4/c1-16-8-7-9-20(17(16)2)28-21-14-27(3,4)15-22(29)26(21)19(13-25(28)30)18-10-11-23(31-5)24(12-18)32-6/h7-12,19H,13-15H2,1-6H3.